The first-order valence-corrected chi connectivity index (χ1v) is 8.64. The van der Waals surface area contributed by atoms with Crippen molar-refractivity contribution in [3.05, 3.63) is 0 Å². The maximum atomic E-state index is 11.9. The number of unbranched alkanes of at least 4 members (excludes halogenated alkanes) is 2. The van der Waals surface area contributed by atoms with E-state index in [2.05, 4.69) is 17.1 Å². The number of hydrogen-bond acceptors (Lipinski definition) is 4. The van der Waals surface area contributed by atoms with E-state index in [1.165, 1.54) is 45.9 Å². The standard InChI is InChI=1S/C17H34N2O2/c1-5-7-13-19(15-10-11-15)14-9-8-12-17(3,18-6-2)16(20)21-4/h15,18H,5-14H2,1-4H3. The predicted molar refractivity (Wildman–Crippen MR) is 87.5 cm³/mol. The van der Waals surface area contributed by atoms with E-state index in [0.717, 1.165) is 31.8 Å². The number of nitrogens with zero attached hydrogens (tertiary/aromatic N) is 1. The van der Waals surface area contributed by atoms with Crippen molar-refractivity contribution in [1.29, 1.82) is 0 Å². The first-order chi connectivity index (χ1) is 10.1. The number of likely N-dealkylation sites (N-methyl/N-ethyl adjacent to an activating group) is 1. The van der Waals surface area contributed by atoms with Crippen molar-refractivity contribution in [1.82, 2.24) is 10.2 Å². The summed E-state index contributed by atoms with van der Waals surface area (Å²) in [5, 5.41) is 3.28. The van der Waals surface area contributed by atoms with Crippen LogP contribution in [0, 0.1) is 0 Å². The highest BCUT2D eigenvalue weighted by atomic mass is 16.5. The quantitative estimate of drug-likeness (QED) is 0.444. The summed E-state index contributed by atoms with van der Waals surface area (Å²) in [6.07, 6.45) is 8.39. The molecule has 0 aromatic rings. The van der Waals surface area contributed by atoms with Crippen LogP contribution in [0.15, 0.2) is 0 Å². The van der Waals surface area contributed by atoms with Gasteiger partial charge in [0.05, 0.1) is 7.11 Å². The van der Waals surface area contributed by atoms with E-state index in [1.54, 1.807) is 0 Å². The number of carbonyl (C=O) groups is 1. The highest BCUT2D eigenvalue weighted by molar-refractivity contribution is 5.80. The topological polar surface area (TPSA) is 41.6 Å². The molecule has 0 saturated heterocycles. The van der Waals surface area contributed by atoms with Gasteiger partial charge in [0.1, 0.15) is 5.54 Å². The molecule has 0 aromatic carbocycles. The Morgan fingerprint density at radius 3 is 2.43 bits per heavy atom. The normalized spacial score (nSPS) is 17.8. The van der Waals surface area contributed by atoms with E-state index < -0.39 is 5.54 Å². The van der Waals surface area contributed by atoms with Crippen molar-refractivity contribution in [2.24, 2.45) is 0 Å². The molecule has 0 amide bonds. The molecule has 21 heavy (non-hydrogen) atoms. The molecular weight excluding hydrogens is 264 g/mol. The molecular formula is C17H34N2O2. The van der Waals surface area contributed by atoms with Crippen LogP contribution in [0.5, 0.6) is 0 Å². The number of ether oxygens (including phenoxy) is 1. The zero-order chi connectivity index (χ0) is 15.7. The molecule has 1 saturated carbocycles. The van der Waals surface area contributed by atoms with E-state index in [0.29, 0.717) is 0 Å². The lowest BCUT2D eigenvalue weighted by Gasteiger charge is -2.28. The van der Waals surface area contributed by atoms with Crippen molar-refractivity contribution < 1.29 is 9.53 Å². The van der Waals surface area contributed by atoms with Gasteiger partial charge in [0.15, 0.2) is 0 Å². The third kappa shape index (κ3) is 6.35. The lowest BCUT2D eigenvalue weighted by Crippen LogP contribution is -2.50. The van der Waals surface area contributed by atoms with E-state index in [1.807, 2.05) is 13.8 Å². The molecule has 4 heteroatoms. The maximum Gasteiger partial charge on any atom is 0.325 e. The van der Waals surface area contributed by atoms with Gasteiger partial charge in [-0.25, -0.2) is 0 Å². The van der Waals surface area contributed by atoms with Crippen molar-refractivity contribution in [2.75, 3.05) is 26.7 Å². The Balaban J connectivity index is 2.30. The van der Waals surface area contributed by atoms with E-state index in [-0.39, 0.29) is 5.97 Å². The fourth-order valence-electron chi connectivity index (χ4n) is 2.95. The SMILES string of the molecule is CCCCN(CCCCC(C)(NCC)C(=O)OC)C1CC1. The minimum absolute atomic E-state index is 0.144. The van der Waals surface area contributed by atoms with Crippen LogP contribution in [-0.2, 0) is 9.53 Å². The first-order valence-electron chi connectivity index (χ1n) is 8.64. The summed E-state index contributed by atoms with van der Waals surface area (Å²) in [5.41, 5.74) is -0.530. The highest BCUT2D eigenvalue weighted by Crippen LogP contribution is 2.27. The van der Waals surface area contributed by atoms with Gasteiger partial charge in [-0.3, -0.25) is 4.79 Å². The van der Waals surface area contributed by atoms with Crippen LogP contribution < -0.4 is 5.32 Å². The van der Waals surface area contributed by atoms with Gasteiger partial charge in [-0.15, -0.1) is 0 Å². The summed E-state index contributed by atoms with van der Waals surface area (Å²) in [7, 11) is 1.47. The Hall–Kier alpha value is -0.610. The summed E-state index contributed by atoms with van der Waals surface area (Å²) < 4.78 is 4.94. The third-order valence-electron chi connectivity index (χ3n) is 4.44. The second-order valence-corrected chi connectivity index (χ2v) is 6.43. The molecule has 4 nitrogen and oxygen atoms in total. The van der Waals surface area contributed by atoms with E-state index in [9.17, 15) is 4.79 Å². The molecule has 1 rings (SSSR count). The molecule has 1 aliphatic rings. The van der Waals surface area contributed by atoms with Gasteiger partial charge < -0.3 is 15.0 Å². The van der Waals surface area contributed by atoms with Gasteiger partial charge in [-0.05, 0) is 65.1 Å². The van der Waals surface area contributed by atoms with Crippen molar-refractivity contribution in [3.63, 3.8) is 0 Å². The van der Waals surface area contributed by atoms with Gasteiger partial charge in [-0.1, -0.05) is 20.3 Å². The first kappa shape index (κ1) is 18.4. The van der Waals surface area contributed by atoms with E-state index in [4.69, 9.17) is 4.74 Å². The van der Waals surface area contributed by atoms with Crippen molar-refractivity contribution >= 4 is 5.97 Å². The van der Waals surface area contributed by atoms with Crippen molar-refractivity contribution in [3.8, 4) is 0 Å². The number of methoxy groups -OCH3 is 1. The minimum atomic E-state index is -0.530. The molecule has 0 radical (unpaired) electrons. The Morgan fingerprint density at radius 2 is 1.90 bits per heavy atom. The number of carbonyl (C=O) groups excluding carboxylic acids is 1. The Labute approximate surface area is 130 Å². The Bertz CT molecular complexity index is 305. The van der Waals surface area contributed by atoms with Gasteiger partial charge in [0.2, 0.25) is 0 Å². The monoisotopic (exact) mass is 298 g/mol. The molecule has 0 heterocycles. The zero-order valence-electron chi connectivity index (χ0n) is 14.4. The number of nitrogens with one attached hydrogen (secondary N) is 1. The number of hydrogen-bond donors (Lipinski definition) is 1. The highest BCUT2D eigenvalue weighted by Gasteiger charge is 2.33. The number of rotatable bonds is 12. The van der Waals surface area contributed by atoms with Crippen LogP contribution in [0.4, 0.5) is 0 Å². The minimum Gasteiger partial charge on any atom is -0.468 e. The smallest absolute Gasteiger partial charge is 0.325 e. The molecule has 1 unspecified atom stereocenters. The molecule has 0 aromatic heterocycles. The van der Waals surface area contributed by atoms with Crippen LogP contribution in [0.1, 0.15) is 65.7 Å². The lowest BCUT2D eigenvalue weighted by molar-refractivity contribution is -0.148. The molecule has 1 aliphatic carbocycles. The summed E-state index contributed by atoms with van der Waals surface area (Å²) in [6, 6.07) is 0.845. The van der Waals surface area contributed by atoms with Crippen LogP contribution >= 0.6 is 0 Å². The molecule has 124 valence electrons. The second-order valence-electron chi connectivity index (χ2n) is 6.43. The zero-order valence-corrected chi connectivity index (χ0v) is 14.4. The summed E-state index contributed by atoms with van der Waals surface area (Å²) in [4.78, 5) is 14.6. The maximum absolute atomic E-state index is 11.9. The van der Waals surface area contributed by atoms with Crippen LogP contribution in [0.25, 0.3) is 0 Å². The molecule has 1 atom stereocenters. The molecule has 0 spiro atoms. The Morgan fingerprint density at radius 1 is 1.24 bits per heavy atom. The third-order valence-corrected chi connectivity index (χ3v) is 4.44. The molecule has 1 N–H and O–H groups in total. The van der Waals surface area contributed by atoms with Crippen LogP contribution in [0.3, 0.4) is 0 Å². The van der Waals surface area contributed by atoms with Gasteiger partial charge in [-0.2, -0.15) is 0 Å². The summed E-state index contributed by atoms with van der Waals surface area (Å²) in [5.74, 6) is -0.144. The fraction of sp³-hybridized carbons (Fsp3) is 0.941. The van der Waals surface area contributed by atoms with Crippen LogP contribution in [-0.4, -0.2) is 49.2 Å². The van der Waals surface area contributed by atoms with Crippen LogP contribution in [0.2, 0.25) is 0 Å². The van der Waals surface area contributed by atoms with E-state index >= 15 is 0 Å². The molecule has 0 aliphatic heterocycles. The van der Waals surface area contributed by atoms with Gasteiger partial charge in [0, 0.05) is 6.04 Å². The van der Waals surface area contributed by atoms with Gasteiger partial charge in [0.25, 0.3) is 0 Å². The largest absolute Gasteiger partial charge is 0.468 e. The average molecular weight is 298 g/mol. The number of esters is 1. The summed E-state index contributed by atoms with van der Waals surface area (Å²) in [6.45, 7) is 9.44. The lowest BCUT2D eigenvalue weighted by atomic mass is 9.94. The molecule has 1 fully saturated rings. The summed E-state index contributed by atoms with van der Waals surface area (Å²) >= 11 is 0. The van der Waals surface area contributed by atoms with Crippen molar-refractivity contribution in [2.45, 2.75) is 77.3 Å². The molecule has 0 bridgehead atoms. The average Bonchev–Trinajstić information content (AvgIpc) is 3.30. The van der Waals surface area contributed by atoms with Gasteiger partial charge >= 0.3 is 5.97 Å². The second kappa shape index (κ2) is 9.42. The fourth-order valence-corrected chi connectivity index (χ4v) is 2.95. The Kier molecular flexibility index (Phi) is 8.27. The predicted octanol–water partition coefficient (Wildman–Crippen LogP) is 2.96.